The first-order valence-electron chi connectivity index (χ1n) is 11.9. The number of anilines is 1. The molecule has 3 rings (SSSR count). The zero-order valence-electron chi connectivity index (χ0n) is 20.3. The van der Waals surface area contributed by atoms with E-state index < -0.39 is 36.3 Å². The molecule has 1 unspecified atom stereocenters. The number of hydrogen-bond acceptors (Lipinski definition) is 6. The molecule has 1 aliphatic carbocycles. The van der Waals surface area contributed by atoms with E-state index in [4.69, 9.17) is 39.1 Å². The van der Waals surface area contributed by atoms with Gasteiger partial charge in [-0.15, -0.1) is 0 Å². The summed E-state index contributed by atoms with van der Waals surface area (Å²) in [4.78, 5) is 50.8. The average Bonchev–Trinajstić information content (AvgIpc) is 3.38. The molecule has 2 aromatic rings. The van der Waals surface area contributed by atoms with Crippen LogP contribution in [0.25, 0.3) is 0 Å². The van der Waals surface area contributed by atoms with Crippen molar-refractivity contribution in [2.75, 3.05) is 18.4 Å². The van der Waals surface area contributed by atoms with Crippen molar-refractivity contribution in [3.8, 4) is 0 Å². The third-order valence-corrected chi connectivity index (χ3v) is 6.35. The van der Waals surface area contributed by atoms with Crippen LogP contribution >= 0.6 is 23.2 Å². The van der Waals surface area contributed by atoms with Gasteiger partial charge in [0.05, 0.1) is 33.4 Å². The van der Waals surface area contributed by atoms with Gasteiger partial charge in [-0.1, -0.05) is 41.4 Å². The average molecular weight is 563 g/mol. The Hall–Kier alpha value is -3.83. The fourth-order valence-electron chi connectivity index (χ4n) is 3.86. The van der Waals surface area contributed by atoms with E-state index in [-0.39, 0.29) is 39.8 Å². The van der Waals surface area contributed by atoms with Crippen molar-refractivity contribution in [1.82, 2.24) is 16.0 Å². The van der Waals surface area contributed by atoms with E-state index in [1.807, 2.05) is 0 Å². The first-order valence-corrected chi connectivity index (χ1v) is 12.6. The van der Waals surface area contributed by atoms with Crippen LogP contribution in [-0.4, -0.2) is 54.9 Å². The highest BCUT2D eigenvalue weighted by Crippen LogP contribution is 2.25. The molecule has 0 aromatic heterocycles. The van der Waals surface area contributed by atoms with E-state index in [0.717, 1.165) is 25.7 Å². The predicted octanol–water partition coefficient (Wildman–Crippen LogP) is 2.43. The molecule has 0 saturated heterocycles. The molecule has 1 fully saturated rings. The number of ether oxygens (including phenoxy) is 1. The molecule has 2 aromatic carbocycles. The van der Waals surface area contributed by atoms with Crippen molar-refractivity contribution in [2.24, 2.45) is 5.73 Å². The molecule has 1 saturated carbocycles. The molecule has 3 amide bonds. The minimum atomic E-state index is -1.23. The number of nitrogens with two attached hydrogens (primary N) is 1. The van der Waals surface area contributed by atoms with Gasteiger partial charge in [0.1, 0.15) is 12.1 Å². The van der Waals surface area contributed by atoms with Crippen molar-refractivity contribution in [3.05, 3.63) is 63.6 Å². The number of esters is 1. The maximum Gasteiger partial charge on any atom is 0.330 e. The third kappa shape index (κ3) is 8.09. The van der Waals surface area contributed by atoms with E-state index in [1.165, 1.54) is 18.2 Å². The third-order valence-electron chi connectivity index (χ3n) is 5.72. The van der Waals surface area contributed by atoms with Crippen molar-refractivity contribution < 1.29 is 23.9 Å². The number of carbonyl (C=O) groups excluding carboxylic acids is 4. The molecular weight excluding hydrogens is 535 g/mol. The van der Waals surface area contributed by atoms with E-state index >= 15 is 0 Å². The Bertz CT molecular complexity index is 1200. The second-order valence-corrected chi connectivity index (χ2v) is 9.35. The Morgan fingerprint density at radius 1 is 0.974 bits per heavy atom. The number of benzene rings is 2. The van der Waals surface area contributed by atoms with Crippen LogP contribution in [0.2, 0.25) is 10.0 Å². The highest BCUT2D eigenvalue weighted by molar-refractivity contribution is 6.39. The molecule has 0 heterocycles. The maximum atomic E-state index is 12.9. The lowest BCUT2D eigenvalue weighted by Gasteiger charge is -2.21. The Kier molecular flexibility index (Phi) is 10.3. The predicted molar refractivity (Wildman–Crippen MR) is 143 cm³/mol. The van der Waals surface area contributed by atoms with Crippen LogP contribution in [0.5, 0.6) is 0 Å². The van der Waals surface area contributed by atoms with Crippen LogP contribution in [-0.2, 0) is 14.3 Å². The smallest absolute Gasteiger partial charge is 0.330 e. The summed E-state index contributed by atoms with van der Waals surface area (Å²) in [5.74, 6) is -2.95. The lowest BCUT2D eigenvalue weighted by Crippen LogP contribution is -2.51. The minimum Gasteiger partial charge on any atom is -0.461 e. The normalized spacial score (nSPS) is 13.7. The monoisotopic (exact) mass is 562 g/mol. The van der Waals surface area contributed by atoms with Crippen molar-refractivity contribution in [1.29, 1.82) is 5.41 Å². The lowest BCUT2D eigenvalue weighted by atomic mass is 10.1. The number of halogens is 2. The van der Waals surface area contributed by atoms with Crippen LogP contribution in [0.1, 0.15) is 46.4 Å². The van der Waals surface area contributed by atoms with E-state index in [1.54, 1.807) is 24.3 Å². The summed E-state index contributed by atoms with van der Waals surface area (Å²) in [6.07, 6.45) is 3.06. The van der Waals surface area contributed by atoms with E-state index in [0.29, 0.717) is 5.69 Å². The van der Waals surface area contributed by atoms with Crippen LogP contribution in [0.15, 0.2) is 42.5 Å². The number of guanidine groups is 1. The first kappa shape index (κ1) is 28.7. The Morgan fingerprint density at radius 3 is 2.29 bits per heavy atom. The van der Waals surface area contributed by atoms with E-state index in [2.05, 4.69) is 21.3 Å². The molecule has 0 bridgehead atoms. The zero-order valence-corrected chi connectivity index (χ0v) is 21.8. The summed E-state index contributed by atoms with van der Waals surface area (Å²) in [5, 5.41) is 17.6. The fraction of sp³-hybridized carbons (Fsp3) is 0.320. The van der Waals surface area contributed by atoms with Gasteiger partial charge < -0.3 is 31.7 Å². The fourth-order valence-corrected chi connectivity index (χ4v) is 4.43. The molecule has 11 nitrogen and oxygen atoms in total. The van der Waals surface area contributed by atoms with Gasteiger partial charge in [-0.2, -0.15) is 0 Å². The zero-order chi connectivity index (χ0) is 27.7. The quantitative estimate of drug-likeness (QED) is 0.146. The molecule has 1 aliphatic rings. The van der Waals surface area contributed by atoms with E-state index in [9.17, 15) is 19.2 Å². The Balaban J connectivity index is 1.62. The standard InChI is InChI=1S/C25H28Cl2N6O5/c26-16-9-5-10-17(27)21(16)23(36)32-19(24(37)38-14-6-1-2-7-14)12-30-20(34)13-31-22(35)15-8-3-4-11-18(15)33-25(28)29/h3-5,8-11,14,19H,1-2,6-7,12-13H2,(H,30,34)(H,31,35)(H,32,36)(H4,28,29,33). The Morgan fingerprint density at radius 2 is 1.63 bits per heavy atom. The molecular formula is C25H28Cl2N6O5. The first-order chi connectivity index (χ1) is 18.2. The molecule has 38 heavy (non-hydrogen) atoms. The summed E-state index contributed by atoms with van der Waals surface area (Å²) in [6, 6.07) is 9.67. The largest absolute Gasteiger partial charge is 0.461 e. The van der Waals surface area contributed by atoms with Gasteiger partial charge in [0.15, 0.2) is 5.96 Å². The molecule has 1 atom stereocenters. The second kappa shape index (κ2) is 13.6. The van der Waals surface area contributed by atoms with Crippen LogP contribution in [0, 0.1) is 5.41 Å². The van der Waals surface area contributed by atoms with Gasteiger partial charge in [-0.25, -0.2) is 4.79 Å². The highest BCUT2D eigenvalue weighted by atomic mass is 35.5. The van der Waals surface area contributed by atoms with Crippen LogP contribution in [0.3, 0.4) is 0 Å². The number of rotatable bonds is 10. The summed E-state index contributed by atoms with van der Waals surface area (Å²) < 4.78 is 5.53. The van der Waals surface area contributed by atoms with Crippen LogP contribution in [0.4, 0.5) is 5.69 Å². The number of nitrogens with one attached hydrogen (secondary N) is 5. The lowest BCUT2D eigenvalue weighted by molar-refractivity contribution is -0.151. The maximum absolute atomic E-state index is 12.9. The molecule has 0 radical (unpaired) electrons. The van der Waals surface area contributed by atoms with Crippen molar-refractivity contribution in [3.63, 3.8) is 0 Å². The molecule has 7 N–H and O–H groups in total. The topological polar surface area (TPSA) is 175 Å². The molecule has 13 heteroatoms. The number of para-hydroxylation sites is 1. The summed E-state index contributed by atoms with van der Waals surface area (Å²) in [5.41, 5.74) is 5.81. The summed E-state index contributed by atoms with van der Waals surface area (Å²) in [6.45, 7) is -0.710. The molecule has 0 spiro atoms. The highest BCUT2D eigenvalue weighted by Gasteiger charge is 2.29. The molecule has 202 valence electrons. The van der Waals surface area contributed by atoms with Crippen molar-refractivity contribution in [2.45, 2.75) is 37.8 Å². The number of amides is 3. The number of hydrogen-bond donors (Lipinski definition) is 6. The van der Waals surface area contributed by atoms with Gasteiger partial charge in [0.25, 0.3) is 11.8 Å². The second-order valence-electron chi connectivity index (χ2n) is 8.54. The van der Waals surface area contributed by atoms with Gasteiger partial charge in [0, 0.05) is 6.54 Å². The van der Waals surface area contributed by atoms with Gasteiger partial charge >= 0.3 is 5.97 Å². The Labute approximate surface area is 229 Å². The van der Waals surface area contributed by atoms with Gasteiger partial charge in [0.2, 0.25) is 5.91 Å². The minimum absolute atomic E-state index is 0.00840. The molecule has 0 aliphatic heterocycles. The van der Waals surface area contributed by atoms with Gasteiger partial charge in [-0.05, 0) is 49.9 Å². The summed E-state index contributed by atoms with van der Waals surface area (Å²) in [7, 11) is 0. The number of carbonyl (C=O) groups is 4. The SMILES string of the molecule is N=C(N)Nc1ccccc1C(=O)NCC(=O)NCC(NC(=O)c1c(Cl)cccc1Cl)C(=O)OC1CCCC1. The summed E-state index contributed by atoms with van der Waals surface area (Å²) >= 11 is 12.2. The van der Waals surface area contributed by atoms with Crippen molar-refractivity contribution >= 4 is 58.5 Å². The van der Waals surface area contributed by atoms with Gasteiger partial charge in [-0.3, -0.25) is 19.8 Å². The van der Waals surface area contributed by atoms with Crippen LogP contribution < -0.4 is 27.0 Å².